The number of hydrogen-bond acceptors (Lipinski definition) is 3. The normalized spacial score (nSPS) is 17.7. The molecule has 1 aliphatic rings. The van der Waals surface area contributed by atoms with Crippen molar-refractivity contribution in [1.82, 2.24) is 10.2 Å². The van der Waals surface area contributed by atoms with Crippen molar-refractivity contribution in [1.29, 1.82) is 0 Å². The van der Waals surface area contributed by atoms with Gasteiger partial charge in [-0.3, -0.25) is 9.59 Å². The van der Waals surface area contributed by atoms with Crippen molar-refractivity contribution >= 4 is 11.8 Å². The van der Waals surface area contributed by atoms with Gasteiger partial charge in [0.15, 0.2) is 0 Å². The van der Waals surface area contributed by atoms with Crippen LogP contribution in [-0.2, 0) is 9.59 Å². The van der Waals surface area contributed by atoms with Gasteiger partial charge < -0.3 is 16.0 Å². The average Bonchev–Trinajstić information content (AvgIpc) is 2.83. The molecule has 1 atom stereocenters. The minimum atomic E-state index is -0.344. The van der Waals surface area contributed by atoms with Crippen LogP contribution in [0.3, 0.4) is 0 Å². The Morgan fingerprint density at radius 1 is 1.42 bits per heavy atom. The van der Waals surface area contributed by atoms with Gasteiger partial charge in [0.25, 0.3) is 0 Å². The molecule has 1 fully saturated rings. The van der Waals surface area contributed by atoms with Crippen LogP contribution < -0.4 is 11.1 Å². The van der Waals surface area contributed by atoms with E-state index in [0.717, 1.165) is 19.3 Å². The lowest BCUT2D eigenvalue weighted by molar-refractivity contribution is -0.137. The summed E-state index contributed by atoms with van der Waals surface area (Å²) >= 11 is 0. The van der Waals surface area contributed by atoms with E-state index < -0.39 is 0 Å². The van der Waals surface area contributed by atoms with Gasteiger partial charge in [-0.05, 0) is 25.7 Å². The van der Waals surface area contributed by atoms with Crippen LogP contribution in [0.4, 0.5) is 0 Å². The van der Waals surface area contributed by atoms with Gasteiger partial charge in [-0.1, -0.05) is 20.8 Å². The predicted octanol–water partition coefficient (Wildman–Crippen LogP) is 1.02. The Hall–Kier alpha value is -1.10. The topological polar surface area (TPSA) is 75.4 Å². The number of nitrogens with one attached hydrogen (secondary N) is 1. The van der Waals surface area contributed by atoms with Gasteiger partial charge in [-0.2, -0.15) is 0 Å². The van der Waals surface area contributed by atoms with Crippen molar-refractivity contribution < 1.29 is 9.59 Å². The highest BCUT2D eigenvalue weighted by Crippen LogP contribution is 2.16. The number of rotatable bonds is 7. The Bertz CT molecular complexity index is 327. The number of carbonyl (C=O) groups excluding carboxylic acids is 2. The van der Waals surface area contributed by atoms with Gasteiger partial charge in [-0.25, -0.2) is 0 Å². The maximum absolute atomic E-state index is 12.2. The number of likely N-dealkylation sites (tertiary alicyclic amines) is 1. The molecule has 0 spiro atoms. The first-order valence-corrected chi connectivity index (χ1v) is 7.33. The van der Waals surface area contributed by atoms with E-state index in [9.17, 15) is 9.59 Å². The first-order valence-electron chi connectivity index (χ1n) is 7.33. The van der Waals surface area contributed by atoms with Gasteiger partial charge in [0.2, 0.25) is 11.8 Å². The molecule has 3 N–H and O–H groups in total. The van der Waals surface area contributed by atoms with Crippen LogP contribution in [0.5, 0.6) is 0 Å². The second-order valence-electron chi connectivity index (χ2n) is 5.40. The van der Waals surface area contributed by atoms with E-state index in [2.05, 4.69) is 5.32 Å². The third-order valence-corrected chi connectivity index (χ3v) is 4.20. The molecule has 1 heterocycles. The second kappa shape index (κ2) is 6.89. The summed E-state index contributed by atoms with van der Waals surface area (Å²) in [6.45, 7) is 7.15. The molecule has 0 aliphatic carbocycles. The van der Waals surface area contributed by atoms with E-state index in [1.165, 1.54) is 0 Å². The van der Waals surface area contributed by atoms with Crippen LogP contribution in [0, 0.1) is 0 Å². The minimum absolute atomic E-state index is 0.0746. The van der Waals surface area contributed by atoms with Crippen LogP contribution in [0.25, 0.3) is 0 Å². The summed E-state index contributed by atoms with van der Waals surface area (Å²) in [5, 5.41) is 2.92. The van der Waals surface area contributed by atoms with Crippen LogP contribution >= 0.6 is 0 Å². The quantitative estimate of drug-likeness (QED) is 0.724. The van der Waals surface area contributed by atoms with Crippen molar-refractivity contribution in [2.45, 2.75) is 64.5 Å². The molecule has 110 valence electrons. The number of nitrogens with zero attached hydrogens (tertiary/aromatic N) is 1. The predicted molar refractivity (Wildman–Crippen MR) is 75.5 cm³/mol. The zero-order chi connectivity index (χ0) is 14.5. The lowest BCUT2D eigenvalue weighted by Crippen LogP contribution is -2.54. The van der Waals surface area contributed by atoms with Gasteiger partial charge >= 0.3 is 0 Å². The molecule has 2 amide bonds. The Morgan fingerprint density at radius 2 is 2.05 bits per heavy atom. The summed E-state index contributed by atoms with van der Waals surface area (Å²) in [5.74, 6) is 0.0152. The summed E-state index contributed by atoms with van der Waals surface area (Å²) in [6.07, 6.45) is 3.71. The fourth-order valence-electron chi connectivity index (χ4n) is 2.43. The molecule has 0 radical (unpaired) electrons. The monoisotopic (exact) mass is 269 g/mol. The summed E-state index contributed by atoms with van der Waals surface area (Å²) in [4.78, 5) is 25.6. The third-order valence-electron chi connectivity index (χ3n) is 4.20. The molecular formula is C14H27N3O2. The first kappa shape index (κ1) is 16.0. The van der Waals surface area contributed by atoms with Gasteiger partial charge in [-0.15, -0.1) is 0 Å². The molecule has 1 saturated heterocycles. The fraction of sp³-hybridized carbons (Fsp3) is 0.857. The largest absolute Gasteiger partial charge is 0.352 e. The first-order chi connectivity index (χ1) is 8.97. The molecule has 0 saturated carbocycles. The highest BCUT2D eigenvalue weighted by Gasteiger charge is 2.32. The standard InChI is InChI=1S/C14H27N3O2/c1-4-11(17-9-7-8-12(17)18)13(19)16-10-14(15,5-2)6-3/h11H,4-10,15H2,1-3H3,(H,16,19). The maximum Gasteiger partial charge on any atom is 0.242 e. The molecule has 0 aromatic heterocycles. The number of amides is 2. The summed E-state index contributed by atoms with van der Waals surface area (Å²) < 4.78 is 0. The number of carbonyl (C=O) groups is 2. The Balaban J connectivity index is 2.57. The van der Waals surface area contributed by atoms with E-state index in [4.69, 9.17) is 5.73 Å². The van der Waals surface area contributed by atoms with Crippen molar-refractivity contribution in [2.75, 3.05) is 13.1 Å². The van der Waals surface area contributed by atoms with Gasteiger partial charge in [0, 0.05) is 25.0 Å². The molecule has 5 nitrogen and oxygen atoms in total. The SMILES string of the molecule is CCC(C(=O)NCC(N)(CC)CC)N1CCCC1=O. The average molecular weight is 269 g/mol. The van der Waals surface area contributed by atoms with Crippen molar-refractivity contribution in [3.8, 4) is 0 Å². The zero-order valence-corrected chi connectivity index (χ0v) is 12.4. The molecule has 1 unspecified atom stereocenters. The molecule has 0 bridgehead atoms. The fourth-order valence-corrected chi connectivity index (χ4v) is 2.43. The van der Waals surface area contributed by atoms with E-state index in [1.54, 1.807) is 4.90 Å². The highest BCUT2D eigenvalue weighted by molar-refractivity contribution is 5.88. The zero-order valence-electron chi connectivity index (χ0n) is 12.4. The summed E-state index contributed by atoms with van der Waals surface area (Å²) in [7, 11) is 0. The molecule has 1 aliphatic heterocycles. The van der Waals surface area contributed by atoms with Crippen LogP contribution in [-0.4, -0.2) is 41.4 Å². The lowest BCUT2D eigenvalue weighted by atomic mass is 9.94. The van der Waals surface area contributed by atoms with E-state index >= 15 is 0 Å². The van der Waals surface area contributed by atoms with Crippen LogP contribution in [0.2, 0.25) is 0 Å². The van der Waals surface area contributed by atoms with Gasteiger partial charge in [0.1, 0.15) is 6.04 Å². The number of hydrogen-bond donors (Lipinski definition) is 2. The smallest absolute Gasteiger partial charge is 0.242 e. The van der Waals surface area contributed by atoms with Crippen molar-refractivity contribution in [3.05, 3.63) is 0 Å². The molecule has 0 aromatic rings. The van der Waals surface area contributed by atoms with E-state index in [-0.39, 0.29) is 23.4 Å². The van der Waals surface area contributed by atoms with Crippen molar-refractivity contribution in [2.24, 2.45) is 5.73 Å². The Kier molecular flexibility index (Phi) is 5.79. The number of nitrogens with two attached hydrogens (primary N) is 1. The minimum Gasteiger partial charge on any atom is -0.352 e. The maximum atomic E-state index is 12.2. The molecule has 5 heteroatoms. The van der Waals surface area contributed by atoms with Crippen LogP contribution in [0.1, 0.15) is 52.9 Å². The Labute approximate surface area is 115 Å². The van der Waals surface area contributed by atoms with E-state index in [0.29, 0.717) is 25.9 Å². The second-order valence-corrected chi connectivity index (χ2v) is 5.40. The van der Waals surface area contributed by atoms with E-state index in [1.807, 2.05) is 20.8 Å². The molecular weight excluding hydrogens is 242 g/mol. The van der Waals surface area contributed by atoms with Crippen LogP contribution in [0.15, 0.2) is 0 Å². The molecule has 1 rings (SSSR count). The van der Waals surface area contributed by atoms with Gasteiger partial charge in [0.05, 0.1) is 0 Å². The highest BCUT2D eigenvalue weighted by atomic mass is 16.2. The summed E-state index contributed by atoms with van der Waals surface area (Å²) in [6, 6.07) is -0.340. The Morgan fingerprint density at radius 3 is 2.47 bits per heavy atom. The third kappa shape index (κ3) is 3.93. The summed E-state index contributed by atoms with van der Waals surface area (Å²) in [5.41, 5.74) is 5.83. The lowest BCUT2D eigenvalue weighted by Gasteiger charge is -2.30. The van der Waals surface area contributed by atoms with Crippen molar-refractivity contribution in [3.63, 3.8) is 0 Å². The molecule has 0 aromatic carbocycles. The molecule has 19 heavy (non-hydrogen) atoms.